The summed E-state index contributed by atoms with van der Waals surface area (Å²) < 4.78 is 11.0. The molecule has 1 aliphatic rings. The second kappa shape index (κ2) is 7.93. The van der Waals surface area contributed by atoms with E-state index in [4.69, 9.17) is 9.47 Å². The van der Waals surface area contributed by atoms with Gasteiger partial charge in [0.2, 0.25) is 5.91 Å². The maximum atomic E-state index is 11.6. The van der Waals surface area contributed by atoms with Gasteiger partial charge in [0.25, 0.3) is 5.24 Å². The standard InChI is InChI=1S/C13H15NO4S.Na/c1-3-17-9-6-5-8(7-10(9)18-4-2)11-12(15)14-13(16)19-11;/h5-7,11H,3-4H2,1-2H3,(H,14,15,16);. The van der Waals surface area contributed by atoms with Gasteiger partial charge in [0.05, 0.1) is 13.2 Å². The van der Waals surface area contributed by atoms with Crippen molar-refractivity contribution in [2.45, 2.75) is 19.1 Å². The Kier molecular flexibility index (Phi) is 6.88. The van der Waals surface area contributed by atoms with Crippen LogP contribution in [0, 0.1) is 0 Å². The molecule has 0 aliphatic carbocycles. The van der Waals surface area contributed by atoms with Crippen LogP contribution in [0.15, 0.2) is 18.2 Å². The molecule has 1 aliphatic heterocycles. The summed E-state index contributed by atoms with van der Waals surface area (Å²) >= 11 is 0.977. The molecular formula is C13H15NNaO4S. The Balaban J connectivity index is 0.00000200. The van der Waals surface area contributed by atoms with Crippen molar-refractivity contribution in [2.75, 3.05) is 13.2 Å². The van der Waals surface area contributed by atoms with Crippen molar-refractivity contribution in [3.63, 3.8) is 0 Å². The van der Waals surface area contributed by atoms with Crippen molar-refractivity contribution >= 4 is 52.5 Å². The van der Waals surface area contributed by atoms with Gasteiger partial charge in [-0.3, -0.25) is 14.9 Å². The topological polar surface area (TPSA) is 64.6 Å². The van der Waals surface area contributed by atoms with Crippen LogP contribution in [0.5, 0.6) is 11.5 Å². The molecule has 0 bridgehead atoms. The van der Waals surface area contributed by atoms with Crippen LogP contribution >= 0.6 is 11.8 Å². The molecule has 1 unspecified atom stereocenters. The van der Waals surface area contributed by atoms with E-state index in [1.165, 1.54) is 0 Å². The van der Waals surface area contributed by atoms with Gasteiger partial charge in [-0.05, 0) is 43.3 Å². The molecule has 0 aromatic heterocycles. The van der Waals surface area contributed by atoms with Crippen LogP contribution in [-0.4, -0.2) is 53.9 Å². The van der Waals surface area contributed by atoms with Gasteiger partial charge in [0, 0.05) is 29.6 Å². The Morgan fingerprint density at radius 1 is 1.15 bits per heavy atom. The molecule has 7 heteroatoms. The maximum absolute atomic E-state index is 11.6. The molecule has 1 saturated heterocycles. The van der Waals surface area contributed by atoms with E-state index in [2.05, 4.69) is 5.32 Å². The van der Waals surface area contributed by atoms with Gasteiger partial charge >= 0.3 is 0 Å². The summed E-state index contributed by atoms with van der Waals surface area (Å²) in [6, 6.07) is 5.30. The Labute approximate surface area is 144 Å². The third-order valence-electron chi connectivity index (χ3n) is 2.56. The first kappa shape index (κ1) is 17.4. The zero-order chi connectivity index (χ0) is 13.8. The van der Waals surface area contributed by atoms with Crippen molar-refractivity contribution in [3.05, 3.63) is 23.8 Å². The van der Waals surface area contributed by atoms with Crippen LogP contribution in [0.25, 0.3) is 0 Å². The molecule has 5 nitrogen and oxygen atoms in total. The molecule has 1 atom stereocenters. The number of benzene rings is 1. The third kappa shape index (κ3) is 3.91. The molecular weight excluding hydrogens is 289 g/mol. The summed E-state index contributed by atoms with van der Waals surface area (Å²) in [5.41, 5.74) is 0.736. The van der Waals surface area contributed by atoms with Gasteiger partial charge in [-0.2, -0.15) is 0 Å². The molecule has 2 rings (SSSR count). The molecule has 1 aromatic rings. The van der Waals surface area contributed by atoms with Gasteiger partial charge in [0.15, 0.2) is 11.5 Å². The van der Waals surface area contributed by atoms with E-state index < -0.39 is 5.25 Å². The van der Waals surface area contributed by atoms with E-state index in [1.54, 1.807) is 18.2 Å². The minimum absolute atomic E-state index is 0. The fourth-order valence-corrected chi connectivity index (χ4v) is 2.63. The van der Waals surface area contributed by atoms with Gasteiger partial charge in [0.1, 0.15) is 5.25 Å². The number of ether oxygens (including phenoxy) is 2. The quantitative estimate of drug-likeness (QED) is 0.844. The van der Waals surface area contributed by atoms with Gasteiger partial charge in [-0.1, -0.05) is 6.07 Å². The number of imide groups is 1. The van der Waals surface area contributed by atoms with Crippen LogP contribution in [0.3, 0.4) is 0 Å². The monoisotopic (exact) mass is 304 g/mol. The number of hydrogen-bond acceptors (Lipinski definition) is 5. The van der Waals surface area contributed by atoms with Crippen LogP contribution in [0.4, 0.5) is 4.79 Å². The Morgan fingerprint density at radius 2 is 1.80 bits per heavy atom. The summed E-state index contributed by atoms with van der Waals surface area (Å²) in [4.78, 5) is 22.8. The van der Waals surface area contributed by atoms with Crippen molar-refractivity contribution < 1.29 is 19.1 Å². The summed E-state index contributed by atoms with van der Waals surface area (Å²) in [6.07, 6.45) is 0. The fourth-order valence-electron chi connectivity index (χ4n) is 1.81. The average Bonchev–Trinajstić information content (AvgIpc) is 2.71. The van der Waals surface area contributed by atoms with Crippen molar-refractivity contribution in [2.24, 2.45) is 0 Å². The third-order valence-corrected chi connectivity index (χ3v) is 3.60. The number of carbonyl (C=O) groups excluding carboxylic acids is 2. The molecule has 0 spiro atoms. The molecule has 1 fully saturated rings. The molecule has 1 N–H and O–H groups in total. The normalized spacial score (nSPS) is 17.4. The SMILES string of the molecule is CCOc1ccc(C2SC(=O)NC2=O)cc1OCC.[Na]. The first-order valence-corrected chi connectivity index (χ1v) is 6.94. The smallest absolute Gasteiger partial charge is 0.286 e. The first-order valence-electron chi connectivity index (χ1n) is 6.06. The van der Waals surface area contributed by atoms with Gasteiger partial charge < -0.3 is 9.47 Å². The number of nitrogens with one attached hydrogen (secondary N) is 1. The predicted octanol–water partition coefficient (Wildman–Crippen LogP) is 2.13. The molecule has 1 radical (unpaired) electrons. The minimum Gasteiger partial charge on any atom is -0.490 e. The van der Waals surface area contributed by atoms with Crippen LogP contribution < -0.4 is 14.8 Å². The second-order valence-corrected chi connectivity index (χ2v) is 4.92. The van der Waals surface area contributed by atoms with Crippen molar-refractivity contribution in [3.8, 4) is 11.5 Å². The summed E-state index contributed by atoms with van der Waals surface area (Å²) in [5.74, 6) is 0.944. The largest absolute Gasteiger partial charge is 0.490 e. The van der Waals surface area contributed by atoms with Gasteiger partial charge in [-0.15, -0.1) is 0 Å². The van der Waals surface area contributed by atoms with Crippen LogP contribution in [0.2, 0.25) is 0 Å². The van der Waals surface area contributed by atoms with Gasteiger partial charge in [-0.25, -0.2) is 0 Å². The van der Waals surface area contributed by atoms with E-state index in [0.29, 0.717) is 24.7 Å². The van der Waals surface area contributed by atoms with E-state index in [0.717, 1.165) is 17.3 Å². The number of rotatable bonds is 5. The number of amides is 2. The summed E-state index contributed by atoms with van der Waals surface area (Å²) in [7, 11) is 0. The van der Waals surface area contributed by atoms with E-state index >= 15 is 0 Å². The van der Waals surface area contributed by atoms with Crippen molar-refractivity contribution in [1.82, 2.24) is 5.32 Å². The molecule has 103 valence electrons. The van der Waals surface area contributed by atoms with E-state index in [-0.39, 0.29) is 40.7 Å². The summed E-state index contributed by atoms with van der Waals surface area (Å²) in [5, 5.41) is 1.44. The second-order valence-electron chi connectivity index (χ2n) is 3.85. The Morgan fingerprint density at radius 3 is 2.35 bits per heavy atom. The molecule has 2 amide bonds. The maximum Gasteiger partial charge on any atom is 0.286 e. The zero-order valence-corrected chi connectivity index (χ0v) is 14.6. The Hall–Kier alpha value is -0.690. The first-order chi connectivity index (χ1) is 9.15. The number of thioether (sulfide) groups is 1. The van der Waals surface area contributed by atoms with Crippen LogP contribution in [-0.2, 0) is 4.79 Å². The van der Waals surface area contributed by atoms with E-state index in [9.17, 15) is 9.59 Å². The minimum atomic E-state index is -0.512. The van der Waals surface area contributed by atoms with Crippen molar-refractivity contribution in [1.29, 1.82) is 0 Å². The predicted molar refractivity (Wildman–Crippen MR) is 78.4 cm³/mol. The number of carbonyl (C=O) groups is 2. The molecule has 1 heterocycles. The Bertz CT molecular complexity index is 509. The average molecular weight is 304 g/mol. The van der Waals surface area contributed by atoms with E-state index in [1.807, 2.05) is 13.8 Å². The fraction of sp³-hybridized carbons (Fsp3) is 0.385. The summed E-state index contributed by atoms with van der Waals surface area (Å²) in [6.45, 7) is 4.81. The zero-order valence-electron chi connectivity index (χ0n) is 11.8. The molecule has 0 saturated carbocycles. The molecule has 1 aromatic carbocycles. The van der Waals surface area contributed by atoms with Crippen LogP contribution in [0.1, 0.15) is 24.7 Å². The number of hydrogen-bond donors (Lipinski definition) is 1. The molecule has 20 heavy (non-hydrogen) atoms.